The maximum atomic E-state index is 15.4. The monoisotopic (exact) mass is 804 g/mol. The van der Waals surface area contributed by atoms with Crippen LogP contribution in [0.2, 0.25) is 5.02 Å². The number of carbonyl (C=O) groups excluding carboxylic acids is 4. The summed E-state index contributed by atoms with van der Waals surface area (Å²) >= 11 is 6.44. The van der Waals surface area contributed by atoms with E-state index in [2.05, 4.69) is 0 Å². The number of allylic oxidation sites excluding steroid dienone is 2. The Morgan fingerprint density at radius 3 is 2.24 bits per heavy atom. The van der Waals surface area contributed by atoms with Crippen molar-refractivity contribution < 1.29 is 33.8 Å². The summed E-state index contributed by atoms with van der Waals surface area (Å²) < 4.78 is 10.9. The van der Waals surface area contributed by atoms with E-state index in [1.807, 2.05) is 85.0 Å². The van der Waals surface area contributed by atoms with Crippen molar-refractivity contribution in [2.75, 3.05) is 24.0 Å². The van der Waals surface area contributed by atoms with Crippen LogP contribution in [-0.4, -0.2) is 43.0 Å². The number of phenols is 1. The van der Waals surface area contributed by atoms with Gasteiger partial charge in [0.2, 0.25) is 23.6 Å². The van der Waals surface area contributed by atoms with Gasteiger partial charge < -0.3 is 14.6 Å². The minimum absolute atomic E-state index is 0.104. The van der Waals surface area contributed by atoms with Crippen molar-refractivity contribution in [1.82, 2.24) is 0 Å². The molecule has 0 unspecified atom stereocenters. The van der Waals surface area contributed by atoms with Gasteiger partial charge in [-0.15, -0.1) is 0 Å². The number of fused-ring (bicyclic) bond motifs is 4. The number of methoxy groups -OCH3 is 2. The molecule has 2 aliphatic carbocycles. The lowest BCUT2D eigenvalue weighted by Crippen LogP contribution is -2.53. The SMILES string of the molecule is COc1ccc(OC)c(C=Cc2ccc(N3C(=O)[C@H]4[C@H](CC=C5[C@H]4C[C@H]4C(=O)N(c6cccc(Cl)c6)C(=O)[C@@]4(c4ccccc4)[C@H]5c4ccc(O)c(C)c4)C3=O)cc2)c1. The smallest absolute Gasteiger partial charge is 0.246 e. The number of imide groups is 2. The van der Waals surface area contributed by atoms with Gasteiger partial charge in [0.25, 0.3) is 0 Å². The Labute approximate surface area is 347 Å². The molecule has 2 saturated heterocycles. The summed E-state index contributed by atoms with van der Waals surface area (Å²) in [5.74, 6) is -3.37. The van der Waals surface area contributed by atoms with Gasteiger partial charge >= 0.3 is 0 Å². The predicted molar refractivity (Wildman–Crippen MR) is 226 cm³/mol. The minimum Gasteiger partial charge on any atom is -0.508 e. The van der Waals surface area contributed by atoms with Crippen molar-refractivity contribution in [3.63, 3.8) is 0 Å². The molecule has 4 amide bonds. The summed E-state index contributed by atoms with van der Waals surface area (Å²) in [6.07, 6.45) is 6.35. The number of ether oxygens (including phenoxy) is 2. The van der Waals surface area contributed by atoms with E-state index in [0.717, 1.165) is 22.3 Å². The van der Waals surface area contributed by atoms with E-state index in [0.29, 0.717) is 45.4 Å². The quantitative estimate of drug-likeness (QED) is 0.0947. The van der Waals surface area contributed by atoms with Gasteiger partial charge in [0, 0.05) is 16.5 Å². The average Bonchev–Trinajstić information content (AvgIpc) is 3.64. The second-order valence-electron chi connectivity index (χ2n) is 15.7. The Balaban J connectivity index is 1.12. The van der Waals surface area contributed by atoms with Crippen LogP contribution in [0.1, 0.15) is 46.6 Å². The van der Waals surface area contributed by atoms with Crippen LogP contribution in [0.25, 0.3) is 12.2 Å². The van der Waals surface area contributed by atoms with E-state index >= 15 is 9.59 Å². The number of rotatable bonds is 8. The van der Waals surface area contributed by atoms with Gasteiger partial charge in [-0.2, -0.15) is 0 Å². The third kappa shape index (κ3) is 5.97. The van der Waals surface area contributed by atoms with Crippen LogP contribution in [-0.2, 0) is 24.6 Å². The molecular weight excluding hydrogens is 764 g/mol. The Kier molecular flexibility index (Phi) is 9.51. The predicted octanol–water partition coefficient (Wildman–Crippen LogP) is 8.91. The molecule has 3 fully saturated rings. The molecule has 9 rings (SSSR count). The van der Waals surface area contributed by atoms with Crippen molar-refractivity contribution >= 4 is 58.8 Å². The number of nitrogens with zero attached hydrogens (tertiary/aromatic N) is 2. The molecule has 0 radical (unpaired) electrons. The lowest BCUT2D eigenvalue weighted by Gasteiger charge is -2.50. The van der Waals surface area contributed by atoms with Crippen LogP contribution in [0.4, 0.5) is 11.4 Å². The Morgan fingerprint density at radius 1 is 0.746 bits per heavy atom. The number of hydrogen-bond acceptors (Lipinski definition) is 7. The highest BCUT2D eigenvalue weighted by Gasteiger charge is 2.70. The number of amides is 4. The van der Waals surface area contributed by atoms with E-state index in [1.165, 1.54) is 9.80 Å². The third-order valence-electron chi connectivity index (χ3n) is 12.8. The number of aromatic hydroxyl groups is 1. The number of phenolic OH excluding ortho intramolecular Hbond substituents is 1. The summed E-state index contributed by atoms with van der Waals surface area (Å²) in [5.41, 5.74) is 3.99. The number of benzene rings is 5. The summed E-state index contributed by atoms with van der Waals surface area (Å²) in [7, 11) is 3.21. The number of carbonyl (C=O) groups is 4. The van der Waals surface area contributed by atoms with Gasteiger partial charge in [0.15, 0.2) is 0 Å². The van der Waals surface area contributed by atoms with Crippen LogP contribution in [0, 0.1) is 30.6 Å². The van der Waals surface area contributed by atoms with Gasteiger partial charge in [0.1, 0.15) is 17.2 Å². The number of halogens is 1. The first-order valence-corrected chi connectivity index (χ1v) is 20.0. The molecule has 0 spiro atoms. The fourth-order valence-corrected chi connectivity index (χ4v) is 10.3. The topological polar surface area (TPSA) is 113 Å². The molecule has 2 aliphatic heterocycles. The highest BCUT2D eigenvalue weighted by atomic mass is 35.5. The van der Waals surface area contributed by atoms with Crippen molar-refractivity contribution in [3.8, 4) is 17.2 Å². The molecular formula is C49H41ClN2O7. The molecule has 1 N–H and O–H groups in total. The van der Waals surface area contributed by atoms with Gasteiger partial charge in [-0.05, 0) is 103 Å². The van der Waals surface area contributed by atoms with Gasteiger partial charge in [-0.3, -0.25) is 24.1 Å². The normalized spacial score (nSPS) is 24.9. The van der Waals surface area contributed by atoms with Crippen LogP contribution in [0.5, 0.6) is 17.2 Å². The Morgan fingerprint density at radius 2 is 1.53 bits per heavy atom. The molecule has 4 aliphatic rings. The fraction of sp³-hybridized carbons (Fsp3) is 0.224. The van der Waals surface area contributed by atoms with Gasteiger partial charge in [-0.1, -0.05) is 96.1 Å². The number of hydrogen-bond donors (Lipinski definition) is 1. The Hall–Kier alpha value is -6.45. The zero-order chi connectivity index (χ0) is 41.2. The molecule has 6 atom stereocenters. The summed E-state index contributed by atoms with van der Waals surface area (Å²) in [5, 5.41) is 11.0. The minimum atomic E-state index is -1.40. The first kappa shape index (κ1) is 38.1. The van der Waals surface area contributed by atoms with Crippen molar-refractivity contribution in [2.24, 2.45) is 23.7 Å². The lowest BCUT2D eigenvalue weighted by atomic mass is 9.49. The summed E-state index contributed by atoms with van der Waals surface area (Å²) in [6.45, 7) is 1.80. The number of aryl methyl sites for hydroxylation is 1. The highest BCUT2D eigenvalue weighted by molar-refractivity contribution is 6.32. The second-order valence-corrected chi connectivity index (χ2v) is 16.1. The van der Waals surface area contributed by atoms with E-state index < -0.39 is 35.0 Å². The standard InChI is InChI=1S/C49H41ClN2O7/c1-28-24-31(16-22-41(28)53)44-37-20-21-38-43(47(56)51(45(38)54)34-17-13-29(14-18-34)12-15-30-25-36(58-2)19-23-42(30)59-3)39(37)27-40-46(55)52(35-11-7-10-33(50)26-35)48(57)49(40,44)32-8-5-4-6-9-32/h4-20,22-26,38-40,43-44,53H,21,27H2,1-3H3/t38-,39+,40-,43-,44-,49+/m0/s1. The van der Waals surface area contributed by atoms with Crippen LogP contribution >= 0.6 is 11.6 Å². The van der Waals surface area contributed by atoms with E-state index in [-0.39, 0.29) is 35.8 Å². The van der Waals surface area contributed by atoms with E-state index in [9.17, 15) is 14.7 Å². The molecule has 5 aromatic carbocycles. The molecule has 59 heavy (non-hydrogen) atoms. The van der Waals surface area contributed by atoms with Gasteiger partial charge in [-0.25, -0.2) is 4.90 Å². The Bertz CT molecular complexity index is 2600. The van der Waals surface area contributed by atoms with Crippen molar-refractivity contribution in [2.45, 2.75) is 31.1 Å². The van der Waals surface area contributed by atoms with Crippen molar-refractivity contribution in [1.29, 1.82) is 0 Å². The highest BCUT2D eigenvalue weighted by Crippen LogP contribution is 2.64. The molecule has 5 aromatic rings. The zero-order valence-corrected chi connectivity index (χ0v) is 33.4. The van der Waals surface area contributed by atoms with Crippen molar-refractivity contribution in [3.05, 3.63) is 160 Å². The number of anilines is 2. The molecule has 1 saturated carbocycles. The molecule has 296 valence electrons. The summed E-state index contributed by atoms with van der Waals surface area (Å²) in [6, 6.07) is 34.2. The maximum Gasteiger partial charge on any atom is 0.246 e. The molecule has 0 bridgehead atoms. The van der Waals surface area contributed by atoms with Crippen LogP contribution in [0.15, 0.2) is 127 Å². The van der Waals surface area contributed by atoms with Crippen LogP contribution in [0.3, 0.4) is 0 Å². The maximum absolute atomic E-state index is 15.4. The molecule has 2 heterocycles. The van der Waals surface area contributed by atoms with Gasteiger partial charge in [0.05, 0.1) is 48.8 Å². The van der Waals surface area contributed by atoms with Crippen LogP contribution < -0.4 is 19.3 Å². The first-order valence-electron chi connectivity index (χ1n) is 19.6. The molecule has 0 aromatic heterocycles. The second kappa shape index (κ2) is 14.7. The van der Waals surface area contributed by atoms with E-state index in [4.69, 9.17) is 21.1 Å². The first-order chi connectivity index (χ1) is 28.6. The zero-order valence-electron chi connectivity index (χ0n) is 32.7. The largest absolute Gasteiger partial charge is 0.508 e. The third-order valence-corrected chi connectivity index (χ3v) is 13.0. The average molecular weight is 805 g/mol. The molecule has 10 heteroatoms. The lowest BCUT2D eigenvalue weighted by molar-refractivity contribution is -0.127. The fourth-order valence-electron chi connectivity index (χ4n) is 10.1. The summed E-state index contributed by atoms with van der Waals surface area (Å²) in [4.78, 5) is 62.1. The van der Waals surface area contributed by atoms with E-state index in [1.54, 1.807) is 69.7 Å². The molecule has 9 nitrogen and oxygen atoms in total.